The molecule has 2 N–H and O–H groups in total. The van der Waals surface area contributed by atoms with Crippen molar-refractivity contribution in [3.8, 4) is 0 Å². The van der Waals surface area contributed by atoms with Crippen molar-refractivity contribution in [2.24, 2.45) is 5.92 Å². The molecular weight excluding hydrogens is 232 g/mol. The summed E-state index contributed by atoms with van der Waals surface area (Å²) in [6.07, 6.45) is 1.10. The molecule has 1 atom stereocenters. The minimum absolute atomic E-state index is 0.246. The predicted octanol–water partition coefficient (Wildman–Crippen LogP) is 1.21. The Morgan fingerprint density at radius 1 is 1.44 bits per heavy atom. The second kappa shape index (κ2) is 6.38. The molecule has 1 amide bonds. The summed E-state index contributed by atoms with van der Waals surface area (Å²) in [5.41, 5.74) is -0.445. The Bertz CT molecular complexity index is 268. The van der Waals surface area contributed by atoms with Gasteiger partial charge in [0.15, 0.2) is 0 Å². The van der Waals surface area contributed by atoms with Gasteiger partial charge in [0.1, 0.15) is 5.60 Å². The number of nitrogens with one attached hydrogen (secondary N) is 1. The number of hydrogen-bond donors (Lipinski definition) is 2. The predicted molar refractivity (Wildman–Crippen MR) is 70.5 cm³/mol. The molecule has 0 bridgehead atoms. The van der Waals surface area contributed by atoms with E-state index in [9.17, 15) is 9.90 Å². The number of carbonyl (C=O) groups is 1. The maximum absolute atomic E-state index is 11.8. The summed E-state index contributed by atoms with van der Waals surface area (Å²) in [6, 6.07) is 0. The van der Waals surface area contributed by atoms with Crippen LogP contribution in [0, 0.1) is 5.92 Å². The Morgan fingerprint density at radius 2 is 2.00 bits per heavy atom. The minimum Gasteiger partial charge on any atom is -0.444 e. The van der Waals surface area contributed by atoms with Gasteiger partial charge in [0.25, 0.3) is 0 Å². The quantitative estimate of drug-likeness (QED) is 0.799. The van der Waals surface area contributed by atoms with Gasteiger partial charge in [0.2, 0.25) is 0 Å². The number of aliphatic hydroxyl groups is 1. The summed E-state index contributed by atoms with van der Waals surface area (Å²) in [6.45, 7) is 7.55. The largest absolute Gasteiger partial charge is 0.444 e. The van der Waals surface area contributed by atoms with Crippen molar-refractivity contribution in [3.05, 3.63) is 0 Å². The van der Waals surface area contributed by atoms with E-state index in [2.05, 4.69) is 5.32 Å². The summed E-state index contributed by atoms with van der Waals surface area (Å²) in [5, 5.41) is 12.9. The van der Waals surface area contributed by atoms with Gasteiger partial charge in [0.05, 0.1) is 6.10 Å². The number of ether oxygens (including phenoxy) is 1. The molecule has 0 aromatic heterocycles. The van der Waals surface area contributed by atoms with Gasteiger partial charge in [-0.25, -0.2) is 4.79 Å². The third kappa shape index (κ3) is 4.82. The zero-order valence-corrected chi connectivity index (χ0v) is 11.9. The number of carbonyl (C=O) groups excluding carboxylic acids is 1. The van der Waals surface area contributed by atoms with Crippen molar-refractivity contribution in [2.75, 3.05) is 26.7 Å². The molecular formula is C13H26N2O3. The minimum atomic E-state index is -0.445. The molecule has 106 valence electrons. The highest BCUT2D eigenvalue weighted by molar-refractivity contribution is 5.68. The van der Waals surface area contributed by atoms with Crippen LogP contribution >= 0.6 is 0 Å². The highest BCUT2D eigenvalue weighted by Gasteiger charge is 2.29. The van der Waals surface area contributed by atoms with Crippen LogP contribution in [0.3, 0.4) is 0 Å². The number of likely N-dealkylation sites (tertiary alicyclic amines) is 1. The van der Waals surface area contributed by atoms with Gasteiger partial charge in [-0.2, -0.15) is 0 Å². The van der Waals surface area contributed by atoms with Crippen LogP contribution in [0.4, 0.5) is 4.79 Å². The number of piperidine rings is 1. The molecule has 1 aliphatic rings. The molecule has 0 aliphatic carbocycles. The molecule has 18 heavy (non-hydrogen) atoms. The summed E-state index contributed by atoms with van der Waals surface area (Å²) >= 11 is 0. The van der Waals surface area contributed by atoms with E-state index >= 15 is 0 Å². The van der Waals surface area contributed by atoms with Crippen molar-refractivity contribution in [3.63, 3.8) is 0 Å². The molecule has 1 rings (SSSR count). The second-order valence-corrected chi connectivity index (χ2v) is 5.93. The first-order valence-corrected chi connectivity index (χ1v) is 6.64. The number of likely N-dealkylation sites (N-methyl/N-ethyl adjacent to an activating group) is 1. The number of rotatable bonds is 3. The van der Waals surface area contributed by atoms with Crippen molar-refractivity contribution >= 4 is 6.09 Å². The van der Waals surface area contributed by atoms with Gasteiger partial charge in [-0.1, -0.05) is 0 Å². The van der Waals surface area contributed by atoms with Crippen molar-refractivity contribution in [1.82, 2.24) is 10.2 Å². The van der Waals surface area contributed by atoms with Crippen LogP contribution in [0.5, 0.6) is 0 Å². The van der Waals surface area contributed by atoms with Gasteiger partial charge in [-0.3, -0.25) is 0 Å². The molecule has 0 aromatic rings. The zero-order chi connectivity index (χ0) is 13.8. The summed E-state index contributed by atoms with van der Waals surface area (Å²) < 4.78 is 5.33. The number of amides is 1. The molecule has 5 heteroatoms. The molecule has 0 saturated carbocycles. The fourth-order valence-corrected chi connectivity index (χ4v) is 2.17. The normalized spacial score (nSPS) is 19.7. The topological polar surface area (TPSA) is 61.8 Å². The lowest BCUT2D eigenvalue weighted by molar-refractivity contribution is 0.00829. The average molecular weight is 258 g/mol. The highest BCUT2D eigenvalue weighted by Crippen LogP contribution is 2.22. The van der Waals surface area contributed by atoms with Gasteiger partial charge in [-0.15, -0.1) is 0 Å². The van der Waals surface area contributed by atoms with Gasteiger partial charge >= 0.3 is 6.09 Å². The van der Waals surface area contributed by atoms with E-state index in [0.717, 1.165) is 12.8 Å². The fourth-order valence-electron chi connectivity index (χ4n) is 2.17. The van der Waals surface area contributed by atoms with Crippen molar-refractivity contribution in [2.45, 2.75) is 45.3 Å². The summed E-state index contributed by atoms with van der Waals surface area (Å²) in [5.74, 6) is 0.274. The van der Waals surface area contributed by atoms with Crippen LogP contribution in [-0.4, -0.2) is 54.5 Å². The Balaban J connectivity index is 2.37. The standard InChI is InChI=1S/C13H26N2O3/c1-13(2,3)18-12(17)15-7-5-10(6-8-15)11(16)9-14-4/h10-11,14,16H,5-9H2,1-4H3. The lowest BCUT2D eigenvalue weighted by Crippen LogP contribution is -2.45. The molecule has 0 aromatic carbocycles. The lowest BCUT2D eigenvalue weighted by Gasteiger charge is -2.35. The van der Waals surface area contributed by atoms with E-state index < -0.39 is 5.60 Å². The first-order chi connectivity index (χ1) is 8.33. The number of aliphatic hydroxyl groups excluding tert-OH is 1. The lowest BCUT2D eigenvalue weighted by atomic mass is 9.91. The molecule has 1 saturated heterocycles. The van der Waals surface area contributed by atoms with Crippen LogP contribution in [0.15, 0.2) is 0 Å². The molecule has 1 unspecified atom stereocenters. The number of nitrogens with zero attached hydrogens (tertiary/aromatic N) is 1. The van der Waals surface area contributed by atoms with E-state index in [1.54, 1.807) is 4.90 Å². The van der Waals surface area contributed by atoms with E-state index in [4.69, 9.17) is 4.74 Å². The van der Waals surface area contributed by atoms with Crippen molar-refractivity contribution < 1.29 is 14.6 Å². The third-order valence-electron chi connectivity index (χ3n) is 3.15. The summed E-state index contributed by atoms with van der Waals surface area (Å²) in [4.78, 5) is 13.6. The molecule has 5 nitrogen and oxygen atoms in total. The van der Waals surface area contributed by atoms with E-state index in [1.165, 1.54) is 0 Å². The van der Waals surface area contributed by atoms with Crippen LogP contribution < -0.4 is 5.32 Å². The summed E-state index contributed by atoms with van der Waals surface area (Å²) in [7, 11) is 1.83. The van der Waals surface area contributed by atoms with Crippen LogP contribution in [-0.2, 0) is 4.74 Å². The van der Waals surface area contributed by atoms with E-state index in [0.29, 0.717) is 19.6 Å². The average Bonchev–Trinajstić information content (AvgIpc) is 2.27. The van der Waals surface area contributed by atoms with Crippen LogP contribution in [0.2, 0.25) is 0 Å². The van der Waals surface area contributed by atoms with E-state index in [1.807, 2.05) is 27.8 Å². The monoisotopic (exact) mass is 258 g/mol. The number of hydrogen-bond acceptors (Lipinski definition) is 4. The second-order valence-electron chi connectivity index (χ2n) is 5.93. The molecule has 0 spiro atoms. The van der Waals surface area contributed by atoms with Crippen molar-refractivity contribution in [1.29, 1.82) is 0 Å². The smallest absolute Gasteiger partial charge is 0.410 e. The molecule has 1 heterocycles. The maximum Gasteiger partial charge on any atom is 0.410 e. The fraction of sp³-hybridized carbons (Fsp3) is 0.923. The molecule has 1 aliphatic heterocycles. The van der Waals surface area contributed by atoms with E-state index in [-0.39, 0.29) is 18.1 Å². The Labute approximate surface area is 109 Å². The Morgan fingerprint density at radius 3 is 2.44 bits per heavy atom. The SMILES string of the molecule is CNCC(O)C1CCN(C(=O)OC(C)(C)C)CC1. The van der Waals surface area contributed by atoms with Crippen LogP contribution in [0.1, 0.15) is 33.6 Å². The Hall–Kier alpha value is -0.810. The first kappa shape index (κ1) is 15.2. The molecule has 1 fully saturated rings. The van der Waals surface area contributed by atoms with Gasteiger partial charge < -0.3 is 20.1 Å². The van der Waals surface area contributed by atoms with Gasteiger partial charge in [0, 0.05) is 19.6 Å². The third-order valence-corrected chi connectivity index (χ3v) is 3.15. The zero-order valence-electron chi connectivity index (χ0n) is 11.9. The molecule has 0 radical (unpaired) electrons. The Kier molecular flexibility index (Phi) is 5.41. The first-order valence-electron chi connectivity index (χ1n) is 6.64. The van der Waals surface area contributed by atoms with Crippen LogP contribution in [0.25, 0.3) is 0 Å². The van der Waals surface area contributed by atoms with Gasteiger partial charge in [-0.05, 0) is 46.6 Å². The maximum atomic E-state index is 11.8. The highest BCUT2D eigenvalue weighted by atomic mass is 16.6.